The molecule has 2 aromatic rings. The summed E-state index contributed by atoms with van der Waals surface area (Å²) in [6.07, 6.45) is 1.47. The third-order valence-electron chi connectivity index (χ3n) is 5.02. The van der Waals surface area contributed by atoms with Crippen LogP contribution in [0.5, 0.6) is 0 Å². The van der Waals surface area contributed by atoms with Crippen molar-refractivity contribution < 1.29 is 14.0 Å². The first-order valence-corrected chi connectivity index (χ1v) is 8.83. The van der Waals surface area contributed by atoms with Crippen LogP contribution in [0.1, 0.15) is 29.5 Å². The van der Waals surface area contributed by atoms with Crippen molar-refractivity contribution in [1.29, 1.82) is 0 Å². The zero-order valence-corrected chi connectivity index (χ0v) is 15.1. The molecule has 0 aromatic heterocycles. The quantitative estimate of drug-likeness (QED) is 0.780. The van der Waals surface area contributed by atoms with Crippen LogP contribution in [0.3, 0.4) is 0 Å². The predicted molar refractivity (Wildman–Crippen MR) is 99.3 cm³/mol. The Hall–Kier alpha value is -2.69. The fourth-order valence-corrected chi connectivity index (χ4v) is 2.93. The normalized spacial score (nSPS) is 14.6. The number of amides is 2. The Balaban J connectivity index is 1.57. The molecule has 3 rings (SSSR count). The van der Waals surface area contributed by atoms with Gasteiger partial charge >= 0.3 is 0 Å². The van der Waals surface area contributed by atoms with Crippen LogP contribution in [0.25, 0.3) is 0 Å². The molecule has 1 aliphatic rings. The van der Waals surface area contributed by atoms with Gasteiger partial charge in [0.1, 0.15) is 11.2 Å². The van der Waals surface area contributed by atoms with Gasteiger partial charge in [0.15, 0.2) is 0 Å². The summed E-state index contributed by atoms with van der Waals surface area (Å²) in [5.74, 6) is -0.838. The summed E-state index contributed by atoms with van der Waals surface area (Å²) in [5.41, 5.74) is 2.49. The first-order valence-electron chi connectivity index (χ1n) is 8.83. The third kappa shape index (κ3) is 3.77. The molecule has 0 unspecified atom stereocenters. The zero-order valence-electron chi connectivity index (χ0n) is 15.1. The van der Waals surface area contributed by atoms with Crippen LogP contribution in [-0.2, 0) is 16.0 Å². The second-order valence-electron chi connectivity index (χ2n) is 6.93. The predicted octanol–water partition coefficient (Wildman–Crippen LogP) is 3.52. The van der Waals surface area contributed by atoms with Gasteiger partial charge in [-0.3, -0.25) is 9.59 Å². The van der Waals surface area contributed by atoms with Crippen LogP contribution >= 0.6 is 0 Å². The molecule has 1 fully saturated rings. The second-order valence-corrected chi connectivity index (χ2v) is 6.93. The lowest BCUT2D eigenvalue weighted by Crippen LogP contribution is -2.40. The molecule has 0 radical (unpaired) electrons. The summed E-state index contributed by atoms with van der Waals surface area (Å²) in [4.78, 5) is 25.1. The van der Waals surface area contributed by atoms with E-state index < -0.39 is 5.41 Å². The molecule has 4 nitrogen and oxygen atoms in total. The lowest BCUT2D eigenvalue weighted by Gasteiger charge is -2.16. The van der Waals surface area contributed by atoms with Crippen molar-refractivity contribution in [1.82, 2.24) is 5.32 Å². The highest BCUT2D eigenvalue weighted by molar-refractivity contribution is 6.13. The number of hydrogen-bond acceptors (Lipinski definition) is 2. The SMILES string of the molecule is Cc1ccc(NC(=O)C2(C(=O)NCCc3ccccc3F)CC2)cc1C. The topological polar surface area (TPSA) is 58.2 Å². The molecule has 0 spiro atoms. The summed E-state index contributed by atoms with van der Waals surface area (Å²) >= 11 is 0. The summed E-state index contributed by atoms with van der Waals surface area (Å²) in [5, 5.41) is 5.63. The van der Waals surface area contributed by atoms with Gasteiger partial charge in [0.25, 0.3) is 0 Å². The van der Waals surface area contributed by atoms with Crippen molar-refractivity contribution in [2.45, 2.75) is 33.1 Å². The van der Waals surface area contributed by atoms with Gasteiger partial charge in [-0.2, -0.15) is 0 Å². The molecule has 0 bridgehead atoms. The Morgan fingerprint density at radius 1 is 1.04 bits per heavy atom. The van der Waals surface area contributed by atoms with Gasteiger partial charge in [-0.25, -0.2) is 4.39 Å². The standard InChI is InChI=1S/C21H23FN2O2/c1-14-7-8-17(13-15(14)2)24-20(26)21(10-11-21)19(25)23-12-9-16-5-3-4-6-18(16)22/h3-8,13H,9-12H2,1-2H3,(H,23,25)(H,24,26). The van der Waals surface area contributed by atoms with E-state index in [4.69, 9.17) is 0 Å². The minimum absolute atomic E-state index is 0.274. The van der Waals surface area contributed by atoms with Gasteiger partial charge in [0.2, 0.25) is 11.8 Å². The Morgan fingerprint density at radius 3 is 2.42 bits per heavy atom. The molecular weight excluding hydrogens is 331 g/mol. The summed E-state index contributed by atoms with van der Waals surface area (Å²) in [6.45, 7) is 4.29. The van der Waals surface area contributed by atoms with E-state index in [1.807, 2.05) is 32.0 Å². The lowest BCUT2D eigenvalue weighted by molar-refractivity contribution is -0.134. The number of hydrogen-bond donors (Lipinski definition) is 2. The molecule has 2 aromatic carbocycles. The number of benzene rings is 2. The molecule has 0 atom stereocenters. The molecular formula is C21H23FN2O2. The number of rotatable bonds is 6. The average molecular weight is 354 g/mol. The van der Waals surface area contributed by atoms with Crippen molar-refractivity contribution >= 4 is 17.5 Å². The van der Waals surface area contributed by atoms with Crippen LogP contribution < -0.4 is 10.6 Å². The fraction of sp³-hybridized carbons (Fsp3) is 0.333. The number of anilines is 1. The zero-order chi connectivity index (χ0) is 18.7. The Kier molecular flexibility index (Phi) is 5.07. The maximum atomic E-state index is 13.6. The van der Waals surface area contributed by atoms with E-state index in [0.717, 1.165) is 11.1 Å². The second kappa shape index (κ2) is 7.28. The molecule has 0 aliphatic heterocycles. The number of aryl methyl sites for hydroxylation is 2. The molecule has 5 heteroatoms. The molecule has 2 N–H and O–H groups in total. The molecule has 1 aliphatic carbocycles. The number of nitrogens with one attached hydrogen (secondary N) is 2. The minimum Gasteiger partial charge on any atom is -0.355 e. The van der Waals surface area contributed by atoms with E-state index >= 15 is 0 Å². The highest BCUT2D eigenvalue weighted by Crippen LogP contribution is 2.46. The van der Waals surface area contributed by atoms with Gasteiger partial charge in [-0.15, -0.1) is 0 Å². The van der Waals surface area contributed by atoms with Crippen LogP contribution in [0.15, 0.2) is 42.5 Å². The minimum atomic E-state index is -0.992. The summed E-state index contributed by atoms with van der Waals surface area (Å²) in [7, 11) is 0. The van der Waals surface area contributed by atoms with E-state index in [2.05, 4.69) is 10.6 Å². The van der Waals surface area contributed by atoms with Gasteiger partial charge in [-0.1, -0.05) is 24.3 Å². The van der Waals surface area contributed by atoms with Gasteiger partial charge in [0.05, 0.1) is 0 Å². The van der Waals surface area contributed by atoms with Crippen LogP contribution in [0.4, 0.5) is 10.1 Å². The Morgan fingerprint density at radius 2 is 1.77 bits per heavy atom. The highest BCUT2D eigenvalue weighted by Gasteiger charge is 2.56. The first kappa shape index (κ1) is 18.1. The van der Waals surface area contributed by atoms with E-state index in [1.54, 1.807) is 18.2 Å². The van der Waals surface area contributed by atoms with Crippen LogP contribution in [-0.4, -0.2) is 18.4 Å². The number of carbonyl (C=O) groups is 2. The van der Waals surface area contributed by atoms with E-state index in [1.165, 1.54) is 6.07 Å². The molecule has 2 amide bonds. The molecule has 1 saturated carbocycles. The smallest absolute Gasteiger partial charge is 0.240 e. The van der Waals surface area contributed by atoms with E-state index in [9.17, 15) is 14.0 Å². The van der Waals surface area contributed by atoms with Crippen molar-refractivity contribution in [2.75, 3.05) is 11.9 Å². The summed E-state index contributed by atoms with van der Waals surface area (Å²) in [6, 6.07) is 12.2. The monoisotopic (exact) mass is 354 g/mol. The van der Waals surface area contributed by atoms with Crippen molar-refractivity contribution in [3.05, 3.63) is 65.0 Å². The van der Waals surface area contributed by atoms with E-state index in [0.29, 0.717) is 37.1 Å². The average Bonchev–Trinajstić information content (AvgIpc) is 3.42. The summed E-state index contributed by atoms with van der Waals surface area (Å²) < 4.78 is 13.6. The van der Waals surface area contributed by atoms with Crippen molar-refractivity contribution in [3.63, 3.8) is 0 Å². The first-order chi connectivity index (χ1) is 12.4. The van der Waals surface area contributed by atoms with Crippen molar-refractivity contribution in [3.8, 4) is 0 Å². The molecule has 136 valence electrons. The van der Waals surface area contributed by atoms with E-state index in [-0.39, 0.29) is 17.6 Å². The molecule has 0 saturated heterocycles. The number of halogens is 1. The van der Waals surface area contributed by atoms with Crippen LogP contribution in [0, 0.1) is 25.1 Å². The van der Waals surface area contributed by atoms with Crippen molar-refractivity contribution in [2.24, 2.45) is 5.41 Å². The maximum Gasteiger partial charge on any atom is 0.240 e. The van der Waals surface area contributed by atoms with Crippen LogP contribution in [0.2, 0.25) is 0 Å². The number of carbonyl (C=O) groups excluding carboxylic acids is 2. The Bertz CT molecular complexity index is 844. The van der Waals surface area contributed by atoms with Gasteiger partial charge in [0, 0.05) is 12.2 Å². The maximum absolute atomic E-state index is 13.6. The van der Waals surface area contributed by atoms with Gasteiger partial charge < -0.3 is 10.6 Å². The lowest BCUT2D eigenvalue weighted by atomic mass is 10.0. The van der Waals surface area contributed by atoms with Gasteiger partial charge in [-0.05, 0) is 68.0 Å². The molecule has 26 heavy (non-hydrogen) atoms. The highest BCUT2D eigenvalue weighted by atomic mass is 19.1. The Labute approximate surface area is 152 Å². The largest absolute Gasteiger partial charge is 0.355 e. The third-order valence-corrected chi connectivity index (χ3v) is 5.02. The fourth-order valence-electron chi connectivity index (χ4n) is 2.93. The molecule has 0 heterocycles.